The van der Waals surface area contributed by atoms with Gasteiger partial charge < -0.3 is 4.90 Å². The highest BCUT2D eigenvalue weighted by Crippen LogP contribution is 2.29. The maximum atomic E-state index is 7.78. The van der Waals surface area contributed by atoms with Gasteiger partial charge in [-0.1, -0.05) is 13.8 Å². The van der Waals surface area contributed by atoms with Crippen molar-refractivity contribution < 1.29 is 1.37 Å². The molecule has 14 heavy (non-hydrogen) atoms. The second kappa shape index (κ2) is 4.30. The van der Waals surface area contributed by atoms with Crippen molar-refractivity contribution in [3.63, 3.8) is 0 Å². The van der Waals surface area contributed by atoms with Crippen LogP contribution in [0.5, 0.6) is 0 Å². The topological polar surface area (TPSA) is 16.1 Å². The largest absolute Gasteiger partial charge is 0.348 e. The molecular weight excluding hydrogens is 192 g/mol. The lowest BCUT2D eigenvalue weighted by Crippen LogP contribution is -2.29. The van der Waals surface area contributed by atoms with Crippen molar-refractivity contribution in [1.82, 2.24) is 4.98 Å². The molecular formula is C11H18N2S. The molecule has 0 N–H and O–H groups in total. The fraction of sp³-hybridized carbons (Fsp3) is 0.727. The minimum absolute atomic E-state index is 0.0742. The van der Waals surface area contributed by atoms with E-state index in [0.29, 0.717) is 5.92 Å². The molecule has 3 heteroatoms. The number of anilines is 1. The lowest BCUT2D eigenvalue weighted by Gasteiger charge is -2.25. The van der Waals surface area contributed by atoms with Crippen LogP contribution in [0.25, 0.3) is 0 Å². The zero-order valence-electron chi connectivity index (χ0n) is 9.86. The molecule has 1 saturated heterocycles. The van der Waals surface area contributed by atoms with Crippen LogP contribution in [0.4, 0.5) is 5.13 Å². The lowest BCUT2D eigenvalue weighted by molar-refractivity contribution is 0.577. The summed E-state index contributed by atoms with van der Waals surface area (Å²) in [7, 11) is 0. The monoisotopic (exact) mass is 211 g/mol. The van der Waals surface area contributed by atoms with E-state index >= 15 is 0 Å². The Balaban J connectivity index is 2.08. The zero-order valence-corrected chi connectivity index (χ0v) is 9.68. The molecule has 2 heterocycles. The van der Waals surface area contributed by atoms with E-state index in [1.165, 1.54) is 4.88 Å². The van der Waals surface area contributed by atoms with Crippen molar-refractivity contribution in [2.45, 2.75) is 39.0 Å². The van der Waals surface area contributed by atoms with Gasteiger partial charge in [0.05, 0.1) is 0 Å². The van der Waals surface area contributed by atoms with Crippen LogP contribution in [0.3, 0.4) is 0 Å². The molecule has 2 rings (SSSR count). The Bertz CT molecular complexity index is 324. The smallest absolute Gasteiger partial charge is 0.185 e. The predicted molar refractivity (Wildman–Crippen MR) is 62.3 cm³/mol. The summed E-state index contributed by atoms with van der Waals surface area (Å²) in [5.74, 6) is 0.563. The summed E-state index contributed by atoms with van der Waals surface area (Å²) in [5, 5.41) is 1.11. The maximum Gasteiger partial charge on any atom is 0.185 e. The van der Waals surface area contributed by atoms with Crippen molar-refractivity contribution in [2.24, 2.45) is 0 Å². The summed E-state index contributed by atoms with van der Waals surface area (Å²) in [5.41, 5.74) is 0. The van der Waals surface area contributed by atoms with Crippen LogP contribution in [0.15, 0.2) is 6.20 Å². The standard InChI is InChI=1S/C11H18N2S/c1-9(2)10-8-12-11(14-10)13-6-4-3-5-7-13/h8-9H,3-7H2,1-2H3/i4D/t4-/m1/s1. The van der Waals surface area contributed by atoms with E-state index in [2.05, 4.69) is 23.7 Å². The van der Waals surface area contributed by atoms with Crippen molar-refractivity contribution in [3.8, 4) is 0 Å². The fourth-order valence-corrected chi connectivity index (χ4v) is 2.58. The Morgan fingerprint density at radius 3 is 3.00 bits per heavy atom. The number of aromatic nitrogens is 1. The molecule has 2 nitrogen and oxygen atoms in total. The average Bonchev–Trinajstić information content (AvgIpc) is 2.66. The second-order valence-corrected chi connectivity index (χ2v) is 5.12. The SMILES string of the molecule is [2H][C@@H]1CCCN(c2ncc(C(C)C)s2)C1. The molecule has 1 aromatic rings. The first-order valence-electron chi connectivity index (χ1n) is 5.87. The Kier molecular flexibility index (Phi) is 2.68. The average molecular weight is 211 g/mol. The van der Waals surface area contributed by atoms with Crippen LogP contribution >= 0.6 is 11.3 Å². The van der Waals surface area contributed by atoms with Crippen LogP contribution in [0.2, 0.25) is 0 Å². The van der Waals surface area contributed by atoms with Crippen LogP contribution in [-0.4, -0.2) is 18.1 Å². The van der Waals surface area contributed by atoms with Crippen molar-refractivity contribution >= 4 is 16.5 Å². The first-order chi connectivity index (χ1) is 7.16. The van der Waals surface area contributed by atoms with E-state index in [9.17, 15) is 0 Å². The quantitative estimate of drug-likeness (QED) is 0.746. The first kappa shape index (κ1) is 8.72. The Morgan fingerprint density at radius 2 is 2.36 bits per heavy atom. The molecule has 0 spiro atoms. The summed E-state index contributed by atoms with van der Waals surface area (Å²) in [6.07, 6.45) is 4.23. The molecule has 1 atom stereocenters. The van der Waals surface area contributed by atoms with Gasteiger partial charge in [0.15, 0.2) is 5.13 Å². The van der Waals surface area contributed by atoms with E-state index in [1.807, 2.05) is 6.20 Å². The normalized spacial score (nSPS) is 24.1. The molecule has 0 aromatic carbocycles. The van der Waals surface area contributed by atoms with Crippen LogP contribution in [0, 0.1) is 0 Å². The van der Waals surface area contributed by atoms with E-state index in [0.717, 1.165) is 31.1 Å². The molecule has 0 amide bonds. The molecule has 0 bridgehead atoms. The molecule has 0 saturated carbocycles. The number of piperidine rings is 1. The van der Waals surface area contributed by atoms with E-state index in [1.54, 1.807) is 11.3 Å². The van der Waals surface area contributed by atoms with Gasteiger partial charge in [0, 0.05) is 25.5 Å². The number of hydrogen-bond acceptors (Lipinski definition) is 3. The third-order valence-electron chi connectivity index (χ3n) is 2.54. The molecule has 1 fully saturated rings. The number of hydrogen-bond donors (Lipinski definition) is 0. The van der Waals surface area contributed by atoms with E-state index in [-0.39, 0.29) is 6.40 Å². The number of rotatable bonds is 2. The molecule has 1 aromatic heterocycles. The van der Waals surface area contributed by atoms with Gasteiger partial charge in [0.25, 0.3) is 0 Å². The highest BCUT2D eigenvalue weighted by atomic mass is 32.1. The Labute approximate surface area is 91.4 Å². The zero-order chi connectivity index (χ0) is 10.8. The minimum Gasteiger partial charge on any atom is -0.348 e. The van der Waals surface area contributed by atoms with Gasteiger partial charge in [-0.2, -0.15) is 0 Å². The fourth-order valence-electron chi connectivity index (χ4n) is 1.63. The molecule has 1 aliphatic rings. The molecule has 0 aliphatic carbocycles. The highest BCUT2D eigenvalue weighted by Gasteiger charge is 2.14. The van der Waals surface area contributed by atoms with Gasteiger partial charge in [-0.25, -0.2) is 4.98 Å². The van der Waals surface area contributed by atoms with Crippen molar-refractivity contribution in [2.75, 3.05) is 18.0 Å². The van der Waals surface area contributed by atoms with Gasteiger partial charge in [-0.15, -0.1) is 11.3 Å². The predicted octanol–water partition coefficient (Wildman–Crippen LogP) is 3.26. The third kappa shape index (κ3) is 2.08. The summed E-state index contributed by atoms with van der Waals surface area (Å²) in [4.78, 5) is 8.06. The molecule has 1 aliphatic heterocycles. The lowest BCUT2D eigenvalue weighted by atomic mass is 10.1. The van der Waals surface area contributed by atoms with Crippen LogP contribution in [-0.2, 0) is 0 Å². The van der Waals surface area contributed by atoms with Crippen molar-refractivity contribution in [1.29, 1.82) is 0 Å². The summed E-state index contributed by atoms with van der Waals surface area (Å²) in [6.45, 7) is 6.31. The van der Waals surface area contributed by atoms with Gasteiger partial charge in [0.2, 0.25) is 0 Å². The molecule has 0 unspecified atom stereocenters. The number of nitrogens with zero attached hydrogens (tertiary/aromatic N) is 2. The van der Waals surface area contributed by atoms with E-state index in [4.69, 9.17) is 1.37 Å². The first-order valence-corrected chi connectivity index (χ1v) is 6.11. The van der Waals surface area contributed by atoms with Crippen molar-refractivity contribution in [3.05, 3.63) is 11.1 Å². The van der Waals surface area contributed by atoms with Gasteiger partial charge in [0.1, 0.15) is 0 Å². The highest BCUT2D eigenvalue weighted by molar-refractivity contribution is 7.15. The molecule has 0 radical (unpaired) electrons. The third-order valence-corrected chi connectivity index (χ3v) is 3.90. The summed E-state index contributed by atoms with van der Waals surface area (Å²) < 4.78 is 7.78. The molecule has 78 valence electrons. The van der Waals surface area contributed by atoms with Crippen LogP contribution in [0.1, 0.15) is 45.3 Å². The second-order valence-electron chi connectivity index (χ2n) is 4.08. The number of thiazole rings is 1. The minimum atomic E-state index is 0.0742. The maximum absolute atomic E-state index is 7.78. The Morgan fingerprint density at radius 1 is 1.50 bits per heavy atom. The Hall–Kier alpha value is -0.570. The van der Waals surface area contributed by atoms with Gasteiger partial charge in [-0.3, -0.25) is 0 Å². The summed E-state index contributed by atoms with van der Waals surface area (Å²) in [6, 6.07) is 0. The van der Waals surface area contributed by atoms with E-state index < -0.39 is 0 Å². The van der Waals surface area contributed by atoms with Gasteiger partial charge >= 0.3 is 0 Å². The van der Waals surface area contributed by atoms with Gasteiger partial charge in [-0.05, 0) is 25.2 Å². The van der Waals surface area contributed by atoms with Crippen LogP contribution < -0.4 is 4.90 Å². The summed E-state index contributed by atoms with van der Waals surface area (Å²) >= 11 is 1.78.